The van der Waals surface area contributed by atoms with E-state index in [1.54, 1.807) is 6.92 Å². The van der Waals surface area contributed by atoms with Gasteiger partial charge in [0.05, 0.1) is 30.9 Å². The van der Waals surface area contributed by atoms with Crippen LogP contribution in [0.25, 0.3) is 16.5 Å². The van der Waals surface area contributed by atoms with Gasteiger partial charge in [0.2, 0.25) is 0 Å². The normalized spacial score (nSPS) is 26.8. The van der Waals surface area contributed by atoms with Gasteiger partial charge in [-0.2, -0.15) is 0 Å². The Kier molecular flexibility index (Phi) is 11.3. The van der Waals surface area contributed by atoms with Crippen molar-refractivity contribution >= 4 is 46.6 Å². The van der Waals surface area contributed by atoms with E-state index in [4.69, 9.17) is 21.3 Å². The lowest BCUT2D eigenvalue weighted by Crippen LogP contribution is -2.50. The number of rotatable bonds is 7. The molecule has 13 heteroatoms. The number of nitrogens with zero attached hydrogens (tertiary/aromatic N) is 6. The van der Waals surface area contributed by atoms with Crippen LogP contribution in [0.15, 0.2) is 68.0 Å². The Morgan fingerprint density at radius 2 is 2.02 bits per heavy atom. The first-order chi connectivity index (χ1) is 25.1. The number of allylic oxidation sites excluding steroid dienone is 2. The van der Waals surface area contributed by atoms with Crippen LogP contribution >= 0.6 is 11.5 Å². The van der Waals surface area contributed by atoms with Crippen LogP contribution in [0.4, 0.5) is 8.78 Å². The third-order valence-electron chi connectivity index (χ3n) is 10.4. The lowest BCUT2D eigenvalue weighted by Gasteiger charge is -2.46. The van der Waals surface area contributed by atoms with Gasteiger partial charge in [-0.1, -0.05) is 18.4 Å². The van der Waals surface area contributed by atoms with Crippen LogP contribution in [0.1, 0.15) is 55.7 Å². The predicted octanol–water partition coefficient (Wildman–Crippen LogP) is 5.72. The standard InChI is InChI=1S/C38H40F2N6O3S.CH4O/c1-4-27-30(39)9-8-25-15-26(47)16-28(32(25)27)34-33(40)35(29(18-42-34)36(41-3)46-13-14-49-23-37(2,48)22-46)43-21-38-10-5-7-31(38)45(12-6-11-38)19-24-17-44-50-20-24;1-2/h1,8-9,15-18,20,31,47-48H,3,5-7,10-14,19,21-23H2,2H3;2H,1H3/b36-29+,43-35?;. The van der Waals surface area contributed by atoms with Gasteiger partial charge >= 0.3 is 0 Å². The number of halogens is 2. The van der Waals surface area contributed by atoms with E-state index in [1.165, 1.54) is 47.6 Å². The van der Waals surface area contributed by atoms with Crippen LogP contribution in [0.3, 0.4) is 0 Å². The zero-order valence-corrected chi connectivity index (χ0v) is 30.3. The number of aliphatic imine (C=N–C) groups is 3. The van der Waals surface area contributed by atoms with Gasteiger partial charge < -0.3 is 25.0 Å². The molecule has 2 saturated heterocycles. The molecule has 7 rings (SSSR count). The van der Waals surface area contributed by atoms with E-state index in [0.29, 0.717) is 36.5 Å². The Morgan fingerprint density at radius 1 is 1.21 bits per heavy atom. The number of terminal acetylenes is 1. The van der Waals surface area contributed by atoms with Crippen molar-refractivity contribution in [2.24, 2.45) is 20.4 Å². The largest absolute Gasteiger partial charge is 0.508 e. The number of likely N-dealkylation sites (tertiary alicyclic amines) is 1. The zero-order chi connectivity index (χ0) is 37.0. The Balaban J connectivity index is 0.00000228. The van der Waals surface area contributed by atoms with E-state index >= 15 is 8.78 Å². The van der Waals surface area contributed by atoms with Gasteiger partial charge in [-0.05, 0) is 86.6 Å². The minimum Gasteiger partial charge on any atom is -0.508 e. The van der Waals surface area contributed by atoms with Gasteiger partial charge in [-0.25, -0.2) is 18.1 Å². The maximum Gasteiger partial charge on any atom is 0.175 e. The summed E-state index contributed by atoms with van der Waals surface area (Å²) in [7, 11) is 1.00. The summed E-state index contributed by atoms with van der Waals surface area (Å²) in [5, 5.41) is 31.5. The van der Waals surface area contributed by atoms with Crippen molar-refractivity contribution < 1.29 is 28.8 Å². The van der Waals surface area contributed by atoms with Gasteiger partial charge in [0.15, 0.2) is 5.83 Å². The Hall–Kier alpha value is -4.32. The number of aliphatic hydroxyl groups is 2. The van der Waals surface area contributed by atoms with Crippen molar-refractivity contribution in [2.45, 2.75) is 57.2 Å². The highest BCUT2D eigenvalue weighted by Gasteiger charge is 2.48. The average Bonchev–Trinajstić information content (AvgIpc) is 3.77. The molecule has 3 atom stereocenters. The van der Waals surface area contributed by atoms with Crippen molar-refractivity contribution in [2.75, 3.05) is 46.5 Å². The van der Waals surface area contributed by atoms with E-state index in [1.807, 2.05) is 11.1 Å². The Bertz CT molecular complexity index is 1990. The third kappa shape index (κ3) is 7.31. The molecule has 1 aliphatic carbocycles. The number of piperidine rings is 1. The molecule has 3 fully saturated rings. The smallest absolute Gasteiger partial charge is 0.175 e. The molecule has 0 bridgehead atoms. The highest BCUT2D eigenvalue weighted by Crippen LogP contribution is 2.49. The van der Waals surface area contributed by atoms with Crippen LogP contribution in [0.5, 0.6) is 5.75 Å². The zero-order valence-electron chi connectivity index (χ0n) is 29.5. The van der Waals surface area contributed by atoms with E-state index < -0.39 is 17.2 Å². The van der Waals surface area contributed by atoms with Crippen molar-refractivity contribution in [1.82, 2.24) is 14.2 Å². The molecular formula is C39H44F2N6O4S. The molecule has 2 aromatic carbocycles. The number of hydrogen-bond acceptors (Lipinski definition) is 11. The van der Waals surface area contributed by atoms with Gasteiger partial charge in [0.1, 0.15) is 34.4 Å². The number of fused-ring (bicyclic) bond motifs is 2. The van der Waals surface area contributed by atoms with Crippen molar-refractivity contribution in [3.8, 4) is 18.1 Å². The number of β-amino-alcohol motifs (C(OH)–C–C–N with tert-alkyl or cyclic N) is 1. The molecule has 274 valence electrons. The summed E-state index contributed by atoms with van der Waals surface area (Å²) in [6, 6.07) is 5.81. The highest BCUT2D eigenvalue weighted by atomic mass is 32.1. The molecule has 3 aliphatic heterocycles. The molecule has 1 saturated carbocycles. The number of phenolic OH excluding ortho intramolecular Hbond substituents is 1. The summed E-state index contributed by atoms with van der Waals surface area (Å²) in [5.41, 5.74) is 0.171. The molecule has 0 radical (unpaired) electrons. The SMILES string of the molecule is C#Cc1c(F)ccc2cc(O)cc(C3=C(F)C(=NCC45CCCC4N(Cc4cnsc4)CCC5)/C(=C(\N=C)N4CCOCC(C)(O)C4)C=N3)c12.CO. The second-order valence-electron chi connectivity index (χ2n) is 14.0. The van der Waals surface area contributed by atoms with Crippen LogP contribution in [0.2, 0.25) is 0 Å². The van der Waals surface area contributed by atoms with Gasteiger partial charge in [0, 0.05) is 66.9 Å². The van der Waals surface area contributed by atoms with Gasteiger partial charge in [-0.3, -0.25) is 14.9 Å². The lowest BCUT2D eigenvalue weighted by molar-refractivity contribution is -0.0198. The number of ether oxygens (including phenoxy) is 1. The summed E-state index contributed by atoms with van der Waals surface area (Å²) in [4.78, 5) is 18.4. The summed E-state index contributed by atoms with van der Waals surface area (Å²) in [6.07, 6.45) is 14.2. The number of aromatic hydroxyl groups is 1. The van der Waals surface area contributed by atoms with Crippen LogP contribution in [-0.4, -0.2) is 106 Å². The molecule has 10 nitrogen and oxygen atoms in total. The summed E-state index contributed by atoms with van der Waals surface area (Å²) >= 11 is 1.45. The van der Waals surface area contributed by atoms with E-state index in [9.17, 15) is 10.2 Å². The Labute approximate surface area is 306 Å². The number of aliphatic hydroxyl groups excluding tert-OH is 1. The molecule has 3 aromatic rings. The predicted molar refractivity (Wildman–Crippen MR) is 202 cm³/mol. The number of benzene rings is 2. The lowest BCUT2D eigenvalue weighted by atomic mass is 9.74. The molecular weight excluding hydrogens is 687 g/mol. The molecule has 52 heavy (non-hydrogen) atoms. The first-order valence-corrected chi connectivity index (χ1v) is 18.2. The minimum absolute atomic E-state index is 0.0385. The van der Waals surface area contributed by atoms with Crippen LogP contribution < -0.4 is 0 Å². The fraction of sp³-hybridized carbons (Fsp3) is 0.436. The number of hydrogen-bond donors (Lipinski definition) is 3. The van der Waals surface area contributed by atoms with E-state index in [-0.39, 0.29) is 58.3 Å². The maximum atomic E-state index is 17.4. The topological polar surface area (TPSA) is 126 Å². The molecule has 0 amide bonds. The molecule has 4 aliphatic rings. The number of phenols is 1. The molecule has 0 spiro atoms. The molecule has 1 aromatic heterocycles. The van der Waals surface area contributed by atoms with Crippen LogP contribution in [-0.2, 0) is 11.3 Å². The van der Waals surface area contributed by atoms with Crippen molar-refractivity contribution in [1.29, 1.82) is 0 Å². The first kappa shape index (κ1) is 37.4. The maximum absolute atomic E-state index is 17.4. The second-order valence-corrected chi connectivity index (χ2v) is 14.6. The second kappa shape index (κ2) is 15.7. The summed E-state index contributed by atoms with van der Waals surface area (Å²) in [6.45, 7) is 8.69. The van der Waals surface area contributed by atoms with Gasteiger partial charge in [-0.15, -0.1) is 6.42 Å². The average molecular weight is 731 g/mol. The number of aromatic nitrogens is 1. The monoisotopic (exact) mass is 730 g/mol. The highest BCUT2D eigenvalue weighted by molar-refractivity contribution is 7.03. The Morgan fingerprint density at radius 3 is 2.77 bits per heavy atom. The third-order valence-corrected chi connectivity index (χ3v) is 11.1. The van der Waals surface area contributed by atoms with Gasteiger partial charge in [0.25, 0.3) is 0 Å². The molecule has 3 unspecified atom stereocenters. The fourth-order valence-electron chi connectivity index (χ4n) is 8.28. The minimum atomic E-state index is -1.19. The van der Waals surface area contributed by atoms with Crippen LogP contribution in [0, 0.1) is 23.6 Å². The molecule has 3 N–H and O–H groups in total. The first-order valence-electron chi connectivity index (χ1n) is 17.4. The quantitative estimate of drug-likeness (QED) is 0.210. The van der Waals surface area contributed by atoms with E-state index in [0.717, 1.165) is 52.3 Å². The fourth-order valence-corrected chi connectivity index (χ4v) is 8.80. The van der Waals surface area contributed by atoms with Crippen molar-refractivity contribution in [3.63, 3.8) is 0 Å². The summed E-state index contributed by atoms with van der Waals surface area (Å²) < 4.78 is 42.3. The summed E-state index contributed by atoms with van der Waals surface area (Å²) in [5.74, 6) is 1.19. The van der Waals surface area contributed by atoms with Crippen molar-refractivity contribution in [3.05, 3.63) is 75.6 Å². The molecule has 4 heterocycles. The van der Waals surface area contributed by atoms with E-state index in [2.05, 4.69) is 37.3 Å².